The van der Waals surface area contributed by atoms with E-state index in [0.717, 1.165) is 12.1 Å². The molecular formula is C18H15F2N5O2. The first-order valence-electron chi connectivity index (χ1n) is 7.88. The summed E-state index contributed by atoms with van der Waals surface area (Å²) in [5.74, 6) is -1.98. The van der Waals surface area contributed by atoms with Crippen molar-refractivity contribution in [3.05, 3.63) is 71.2 Å². The molecule has 3 rings (SSSR count). The van der Waals surface area contributed by atoms with Crippen molar-refractivity contribution in [1.82, 2.24) is 20.3 Å². The lowest BCUT2D eigenvalue weighted by Gasteiger charge is -2.12. The number of hydrogen-bond acceptors (Lipinski definition) is 6. The number of carbonyl (C=O) groups excluding carboxylic acids is 1. The summed E-state index contributed by atoms with van der Waals surface area (Å²) in [4.78, 5) is 24.1. The number of nitrogens with zero attached hydrogens (tertiary/aromatic N) is 3. The van der Waals surface area contributed by atoms with Gasteiger partial charge in [-0.1, -0.05) is 6.07 Å². The highest BCUT2D eigenvalue weighted by atomic mass is 19.1. The minimum Gasteiger partial charge on any atom is -0.436 e. The van der Waals surface area contributed by atoms with Crippen LogP contribution in [0.1, 0.15) is 21.6 Å². The molecule has 2 heterocycles. The van der Waals surface area contributed by atoms with Gasteiger partial charge in [0, 0.05) is 30.6 Å². The van der Waals surface area contributed by atoms with Gasteiger partial charge >= 0.3 is 0 Å². The monoisotopic (exact) mass is 371 g/mol. The van der Waals surface area contributed by atoms with E-state index < -0.39 is 17.5 Å². The van der Waals surface area contributed by atoms with Gasteiger partial charge in [0.15, 0.2) is 11.6 Å². The fraction of sp³-hybridized carbons (Fsp3) is 0.111. The van der Waals surface area contributed by atoms with Crippen molar-refractivity contribution >= 4 is 11.9 Å². The van der Waals surface area contributed by atoms with Crippen molar-refractivity contribution in [3.8, 4) is 11.6 Å². The predicted molar refractivity (Wildman–Crippen MR) is 93.0 cm³/mol. The van der Waals surface area contributed by atoms with Crippen LogP contribution in [0.5, 0.6) is 11.6 Å². The van der Waals surface area contributed by atoms with E-state index in [0.29, 0.717) is 17.3 Å². The highest BCUT2D eigenvalue weighted by molar-refractivity contribution is 5.94. The average Bonchev–Trinajstić information content (AvgIpc) is 2.63. The van der Waals surface area contributed by atoms with Gasteiger partial charge in [0.2, 0.25) is 11.8 Å². The number of nitrogen functional groups attached to an aromatic ring is 1. The van der Waals surface area contributed by atoms with E-state index in [1.54, 1.807) is 19.1 Å². The lowest BCUT2D eigenvalue weighted by Crippen LogP contribution is -2.24. The van der Waals surface area contributed by atoms with Gasteiger partial charge in [-0.25, -0.2) is 23.7 Å². The molecule has 1 amide bonds. The Morgan fingerprint density at radius 2 is 2.07 bits per heavy atom. The SMILES string of the molecule is Cc1nc(N)ncc1C(=O)NCc1cccnc1Oc1ccc(F)cc1F. The zero-order valence-corrected chi connectivity index (χ0v) is 14.2. The summed E-state index contributed by atoms with van der Waals surface area (Å²) in [7, 11) is 0. The first-order valence-corrected chi connectivity index (χ1v) is 7.88. The van der Waals surface area contributed by atoms with Gasteiger partial charge in [0.1, 0.15) is 5.82 Å². The Hall–Kier alpha value is -3.62. The summed E-state index contributed by atoms with van der Waals surface area (Å²) in [5, 5.41) is 2.69. The van der Waals surface area contributed by atoms with Crippen LogP contribution in [0.25, 0.3) is 0 Å². The molecule has 0 saturated carbocycles. The first-order chi connectivity index (χ1) is 12.9. The quantitative estimate of drug-likeness (QED) is 0.715. The van der Waals surface area contributed by atoms with Gasteiger partial charge < -0.3 is 15.8 Å². The Kier molecular flexibility index (Phi) is 5.20. The summed E-state index contributed by atoms with van der Waals surface area (Å²) in [6.07, 6.45) is 2.79. The maximum Gasteiger partial charge on any atom is 0.254 e. The Balaban J connectivity index is 1.75. The van der Waals surface area contributed by atoms with Gasteiger partial charge in [-0.05, 0) is 25.1 Å². The largest absolute Gasteiger partial charge is 0.436 e. The Morgan fingerprint density at radius 1 is 1.26 bits per heavy atom. The molecular weight excluding hydrogens is 356 g/mol. The Labute approximate surface area is 153 Å². The molecule has 0 aliphatic heterocycles. The molecule has 0 aliphatic carbocycles. The van der Waals surface area contributed by atoms with E-state index in [2.05, 4.69) is 20.3 Å². The van der Waals surface area contributed by atoms with E-state index in [1.165, 1.54) is 12.4 Å². The predicted octanol–water partition coefficient (Wildman–Crippen LogP) is 2.76. The molecule has 0 unspecified atom stereocenters. The molecule has 1 aromatic carbocycles. The second-order valence-corrected chi connectivity index (χ2v) is 5.55. The highest BCUT2D eigenvalue weighted by Crippen LogP contribution is 2.26. The molecule has 0 atom stereocenters. The average molecular weight is 371 g/mol. The molecule has 0 bridgehead atoms. The van der Waals surface area contributed by atoms with E-state index in [-0.39, 0.29) is 29.7 Å². The molecule has 3 aromatic rings. The maximum atomic E-state index is 13.8. The second-order valence-electron chi connectivity index (χ2n) is 5.55. The number of hydrogen-bond donors (Lipinski definition) is 2. The number of benzene rings is 1. The zero-order chi connectivity index (χ0) is 19.4. The third-order valence-corrected chi connectivity index (χ3v) is 3.63. The zero-order valence-electron chi connectivity index (χ0n) is 14.2. The number of nitrogens with one attached hydrogen (secondary N) is 1. The van der Waals surface area contributed by atoms with Crippen LogP contribution in [0, 0.1) is 18.6 Å². The van der Waals surface area contributed by atoms with Crippen molar-refractivity contribution in [2.75, 3.05) is 5.73 Å². The normalized spacial score (nSPS) is 10.5. The van der Waals surface area contributed by atoms with E-state index >= 15 is 0 Å². The van der Waals surface area contributed by atoms with Crippen LogP contribution < -0.4 is 15.8 Å². The summed E-state index contributed by atoms with van der Waals surface area (Å²) >= 11 is 0. The molecule has 0 spiro atoms. The molecule has 0 radical (unpaired) electrons. The summed E-state index contributed by atoms with van der Waals surface area (Å²) in [6, 6.07) is 6.26. The van der Waals surface area contributed by atoms with Gasteiger partial charge in [0.05, 0.1) is 11.3 Å². The molecule has 3 N–H and O–H groups in total. The van der Waals surface area contributed by atoms with Crippen molar-refractivity contribution in [2.45, 2.75) is 13.5 Å². The Morgan fingerprint density at radius 3 is 2.81 bits per heavy atom. The molecule has 0 aliphatic rings. The number of halogens is 2. The summed E-state index contributed by atoms with van der Waals surface area (Å²) < 4.78 is 32.2. The van der Waals surface area contributed by atoms with Gasteiger partial charge in [-0.15, -0.1) is 0 Å². The van der Waals surface area contributed by atoms with Crippen LogP contribution in [0.4, 0.5) is 14.7 Å². The topological polar surface area (TPSA) is 103 Å². The minimum absolute atomic E-state index is 0.0641. The second kappa shape index (κ2) is 7.73. The number of rotatable bonds is 5. The number of carbonyl (C=O) groups is 1. The van der Waals surface area contributed by atoms with Crippen LogP contribution in [0.15, 0.2) is 42.7 Å². The lowest BCUT2D eigenvalue weighted by molar-refractivity contribution is 0.0949. The van der Waals surface area contributed by atoms with Crippen molar-refractivity contribution < 1.29 is 18.3 Å². The maximum absolute atomic E-state index is 13.8. The number of aryl methyl sites for hydroxylation is 1. The fourth-order valence-electron chi connectivity index (χ4n) is 2.29. The number of nitrogens with two attached hydrogens (primary N) is 1. The van der Waals surface area contributed by atoms with Crippen molar-refractivity contribution in [2.24, 2.45) is 0 Å². The first kappa shape index (κ1) is 18.2. The van der Waals surface area contributed by atoms with Crippen molar-refractivity contribution in [1.29, 1.82) is 0 Å². The van der Waals surface area contributed by atoms with Gasteiger partial charge in [-0.3, -0.25) is 4.79 Å². The van der Waals surface area contributed by atoms with Crippen LogP contribution >= 0.6 is 0 Å². The summed E-state index contributed by atoms with van der Waals surface area (Å²) in [5.41, 5.74) is 6.70. The van der Waals surface area contributed by atoms with E-state index in [1.807, 2.05) is 0 Å². The standard InChI is InChI=1S/C18H15F2N5O2/c1-10-13(9-24-18(21)25-10)16(26)23-8-11-3-2-6-22-17(11)27-15-5-4-12(19)7-14(15)20/h2-7,9H,8H2,1H3,(H,23,26)(H2,21,24,25). The van der Waals surface area contributed by atoms with Crippen LogP contribution in [0.2, 0.25) is 0 Å². The third-order valence-electron chi connectivity index (χ3n) is 3.63. The van der Waals surface area contributed by atoms with Crippen LogP contribution in [-0.2, 0) is 6.54 Å². The molecule has 27 heavy (non-hydrogen) atoms. The number of ether oxygens (including phenoxy) is 1. The molecule has 0 saturated heterocycles. The number of amides is 1. The third kappa shape index (κ3) is 4.32. The molecule has 7 nitrogen and oxygen atoms in total. The highest BCUT2D eigenvalue weighted by Gasteiger charge is 2.14. The lowest BCUT2D eigenvalue weighted by atomic mass is 10.2. The van der Waals surface area contributed by atoms with Gasteiger partial charge in [0.25, 0.3) is 5.91 Å². The number of pyridine rings is 1. The fourth-order valence-corrected chi connectivity index (χ4v) is 2.29. The number of anilines is 1. The minimum atomic E-state index is -0.856. The van der Waals surface area contributed by atoms with Crippen molar-refractivity contribution in [3.63, 3.8) is 0 Å². The molecule has 138 valence electrons. The Bertz CT molecular complexity index is 997. The molecule has 0 fully saturated rings. The summed E-state index contributed by atoms with van der Waals surface area (Å²) in [6.45, 7) is 1.71. The number of aromatic nitrogens is 3. The van der Waals surface area contributed by atoms with Gasteiger partial charge in [-0.2, -0.15) is 0 Å². The van der Waals surface area contributed by atoms with E-state index in [9.17, 15) is 13.6 Å². The van der Waals surface area contributed by atoms with Crippen LogP contribution in [0.3, 0.4) is 0 Å². The molecule has 2 aromatic heterocycles. The van der Waals surface area contributed by atoms with E-state index in [4.69, 9.17) is 10.5 Å². The van der Waals surface area contributed by atoms with Crippen LogP contribution in [-0.4, -0.2) is 20.9 Å². The molecule has 9 heteroatoms. The smallest absolute Gasteiger partial charge is 0.254 e.